The van der Waals surface area contributed by atoms with Gasteiger partial charge in [0, 0.05) is 24.8 Å². The van der Waals surface area contributed by atoms with Gasteiger partial charge in [0.15, 0.2) is 0 Å². The third kappa shape index (κ3) is 3.61. The normalized spacial score (nSPS) is 10.5. The molecule has 2 nitrogen and oxygen atoms in total. The number of thiocarbonyl (C=S) groups is 1. The molecule has 2 aromatic carbocycles. The van der Waals surface area contributed by atoms with E-state index in [0.29, 0.717) is 4.99 Å². The molecule has 0 fully saturated rings. The van der Waals surface area contributed by atoms with E-state index in [1.54, 1.807) is 0 Å². The number of rotatable bonds is 4. The lowest BCUT2D eigenvalue weighted by Gasteiger charge is -2.22. The molecular weight excluding hydrogens is 276 g/mol. The maximum Gasteiger partial charge on any atom is 0.103 e. The molecule has 0 aromatic heterocycles. The number of hydrogen-bond donors (Lipinski definition) is 1. The van der Waals surface area contributed by atoms with E-state index in [9.17, 15) is 0 Å². The summed E-state index contributed by atoms with van der Waals surface area (Å²) in [5, 5.41) is 0. The second kappa shape index (κ2) is 6.27. The standard InChI is InChI=1S/C18H22N2S/c1-12-9-13(2)17(14(3)10-12)11-20(4)16-7-5-15(6-8-16)18(19)21/h5-10H,11H2,1-4H3,(H2,19,21). The van der Waals surface area contributed by atoms with Crippen LogP contribution in [0.2, 0.25) is 0 Å². The SMILES string of the molecule is Cc1cc(C)c(CN(C)c2ccc(C(N)=S)cc2)c(C)c1. The highest BCUT2D eigenvalue weighted by Gasteiger charge is 2.08. The Hall–Kier alpha value is -1.87. The smallest absolute Gasteiger partial charge is 0.103 e. The Kier molecular flexibility index (Phi) is 4.63. The van der Waals surface area contributed by atoms with Crippen LogP contribution >= 0.6 is 12.2 Å². The Labute approximate surface area is 132 Å². The van der Waals surface area contributed by atoms with Crippen LogP contribution in [0.15, 0.2) is 36.4 Å². The first-order chi connectivity index (χ1) is 9.88. The van der Waals surface area contributed by atoms with Crippen LogP contribution in [0.3, 0.4) is 0 Å². The molecule has 0 spiro atoms. The zero-order valence-electron chi connectivity index (χ0n) is 13.1. The Morgan fingerprint density at radius 1 is 1.05 bits per heavy atom. The summed E-state index contributed by atoms with van der Waals surface area (Å²) in [6.45, 7) is 7.39. The van der Waals surface area contributed by atoms with Crippen LogP contribution in [0.25, 0.3) is 0 Å². The van der Waals surface area contributed by atoms with E-state index in [0.717, 1.165) is 17.8 Å². The maximum atomic E-state index is 5.64. The van der Waals surface area contributed by atoms with E-state index < -0.39 is 0 Å². The third-order valence-corrected chi connectivity index (χ3v) is 4.06. The van der Waals surface area contributed by atoms with E-state index in [4.69, 9.17) is 18.0 Å². The molecule has 0 radical (unpaired) electrons. The fourth-order valence-corrected chi connectivity index (χ4v) is 2.80. The van der Waals surface area contributed by atoms with Gasteiger partial charge in [0.2, 0.25) is 0 Å². The molecule has 2 rings (SSSR count). The number of benzene rings is 2. The Morgan fingerprint density at radius 2 is 1.57 bits per heavy atom. The van der Waals surface area contributed by atoms with Crippen molar-refractivity contribution in [2.24, 2.45) is 5.73 Å². The molecule has 0 saturated carbocycles. The molecule has 2 aromatic rings. The first-order valence-electron chi connectivity index (χ1n) is 7.06. The predicted octanol–water partition coefficient (Wildman–Crippen LogP) is 3.88. The molecule has 0 aliphatic carbocycles. The molecule has 0 unspecified atom stereocenters. The van der Waals surface area contributed by atoms with Crippen molar-refractivity contribution >= 4 is 22.9 Å². The second-order valence-electron chi connectivity index (χ2n) is 5.64. The summed E-state index contributed by atoms with van der Waals surface area (Å²) in [4.78, 5) is 2.68. The van der Waals surface area contributed by atoms with E-state index in [1.807, 2.05) is 12.1 Å². The molecule has 0 aliphatic heterocycles. The van der Waals surface area contributed by atoms with E-state index >= 15 is 0 Å². The monoisotopic (exact) mass is 298 g/mol. The topological polar surface area (TPSA) is 29.3 Å². The van der Waals surface area contributed by atoms with Crippen molar-refractivity contribution in [1.29, 1.82) is 0 Å². The second-order valence-corrected chi connectivity index (χ2v) is 6.08. The molecule has 3 heteroatoms. The van der Waals surface area contributed by atoms with Gasteiger partial charge in [-0.3, -0.25) is 0 Å². The molecule has 2 N–H and O–H groups in total. The van der Waals surface area contributed by atoms with Gasteiger partial charge >= 0.3 is 0 Å². The zero-order valence-corrected chi connectivity index (χ0v) is 13.9. The van der Waals surface area contributed by atoms with Gasteiger partial charge in [0.1, 0.15) is 4.99 Å². The van der Waals surface area contributed by atoms with E-state index in [1.165, 1.54) is 22.3 Å². The Morgan fingerprint density at radius 3 is 2.05 bits per heavy atom. The molecule has 0 bridgehead atoms. The first kappa shape index (κ1) is 15.5. The largest absolute Gasteiger partial charge is 0.389 e. The quantitative estimate of drug-likeness (QED) is 0.869. The minimum Gasteiger partial charge on any atom is -0.389 e. The van der Waals surface area contributed by atoms with Crippen LogP contribution in [0.4, 0.5) is 5.69 Å². The molecule has 0 atom stereocenters. The minimum atomic E-state index is 0.439. The summed E-state index contributed by atoms with van der Waals surface area (Å²) < 4.78 is 0. The van der Waals surface area contributed by atoms with Crippen molar-refractivity contribution in [2.75, 3.05) is 11.9 Å². The van der Waals surface area contributed by atoms with Gasteiger partial charge in [0.25, 0.3) is 0 Å². The van der Waals surface area contributed by atoms with Crippen LogP contribution in [0.5, 0.6) is 0 Å². The van der Waals surface area contributed by atoms with Crippen molar-refractivity contribution in [2.45, 2.75) is 27.3 Å². The van der Waals surface area contributed by atoms with Crippen LogP contribution < -0.4 is 10.6 Å². The number of aryl methyl sites for hydroxylation is 3. The summed E-state index contributed by atoms with van der Waals surface area (Å²) in [7, 11) is 2.11. The highest BCUT2D eigenvalue weighted by atomic mass is 32.1. The summed E-state index contributed by atoms with van der Waals surface area (Å²) in [5.74, 6) is 0. The Balaban J connectivity index is 2.22. The lowest BCUT2D eigenvalue weighted by atomic mass is 9.99. The fourth-order valence-electron chi connectivity index (χ4n) is 2.67. The van der Waals surface area contributed by atoms with Crippen LogP contribution in [-0.2, 0) is 6.54 Å². The van der Waals surface area contributed by atoms with Crippen molar-refractivity contribution in [3.05, 3.63) is 64.2 Å². The zero-order chi connectivity index (χ0) is 15.6. The average molecular weight is 298 g/mol. The van der Waals surface area contributed by atoms with Gasteiger partial charge in [-0.1, -0.05) is 29.9 Å². The summed E-state index contributed by atoms with van der Waals surface area (Å²) in [6.07, 6.45) is 0. The highest BCUT2D eigenvalue weighted by Crippen LogP contribution is 2.21. The minimum absolute atomic E-state index is 0.439. The number of anilines is 1. The number of nitrogens with two attached hydrogens (primary N) is 1. The molecule has 0 saturated heterocycles. The molecular formula is C18H22N2S. The third-order valence-electron chi connectivity index (χ3n) is 3.83. The van der Waals surface area contributed by atoms with E-state index in [-0.39, 0.29) is 0 Å². The van der Waals surface area contributed by atoms with Crippen molar-refractivity contribution in [1.82, 2.24) is 0 Å². The number of hydrogen-bond acceptors (Lipinski definition) is 2. The van der Waals surface area contributed by atoms with Gasteiger partial charge in [-0.2, -0.15) is 0 Å². The van der Waals surface area contributed by atoms with Crippen LogP contribution in [0.1, 0.15) is 27.8 Å². The maximum absolute atomic E-state index is 5.64. The van der Waals surface area contributed by atoms with Gasteiger partial charge in [-0.15, -0.1) is 0 Å². The Bertz CT molecular complexity index is 636. The number of nitrogens with zero attached hydrogens (tertiary/aromatic N) is 1. The molecule has 0 aliphatic rings. The van der Waals surface area contributed by atoms with Crippen LogP contribution in [0, 0.1) is 20.8 Å². The van der Waals surface area contributed by atoms with Gasteiger partial charge in [-0.05, 0) is 61.7 Å². The fraction of sp³-hybridized carbons (Fsp3) is 0.278. The predicted molar refractivity (Wildman–Crippen MR) is 95.1 cm³/mol. The summed E-state index contributed by atoms with van der Waals surface area (Å²) >= 11 is 4.99. The molecule has 0 heterocycles. The molecule has 0 amide bonds. The average Bonchev–Trinajstić information content (AvgIpc) is 2.42. The van der Waals surface area contributed by atoms with Crippen molar-refractivity contribution < 1.29 is 0 Å². The van der Waals surface area contributed by atoms with Crippen molar-refractivity contribution in [3.8, 4) is 0 Å². The molecule has 110 valence electrons. The first-order valence-corrected chi connectivity index (χ1v) is 7.47. The molecule has 21 heavy (non-hydrogen) atoms. The van der Waals surface area contributed by atoms with Gasteiger partial charge < -0.3 is 10.6 Å². The summed E-state index contributed by atoms with van der Waals surface area (Å²) in [6, 6.07) is 12.6. The lowest BCUT2D eigenvalue weighted by Crippen LogP contribution is -2.18. The van der Waals surface area contributed by atoms with E-state index in [2.05, 4.69) is 57.0 Å². The van der Waals surface area contributed by atoms with Crippen molar-refractivity contribution in [3.63, 3.8) is 0 Å². The van der Waals surface area contributed by atoms with Crippen LogP contribution in [-0.4, -0.2) is 12.0 Å². The van der Waals surface area contributed by atoms with Gasteiger partial charge in [0.05, 0.1) is 0 Å². The summed E-state index contributed by atoms with van der Waals surface area (Å²) in [5.41, 5.74) is 13.1. The van der Waals surface area contributed by atoms with Gasteiger partial charge in [-0.25, -0.2) is 0 Å². The lowest BCUT2D eigenvalue weighted by molar-refractivity contribution is 0.903. The highest BCUT2D eigenvalue weighted by molar-refractivity contribution is 7.80.